The second-order valence-corrected chi connectivity index (χ2v) is 4.64. The fourth-order valence-corrected chi connectivity index (χ4v) is 1.61. The molecular formula is C13H19N5O3. The first-order chi connectivity index (χ1) is 9.43. The summed E-state index contributed by atoms with van der Waals surface area (Å²) in [6.07, 6.45) is 0.433. The number of nitrogens with zero attached hydrogens (tertiary/aromatic N) is 4. The van der Waals surface area contributed by atoms with Crippen molar-refractivity contribution in [1.82, 2.24) is 0 Å². The van der Waals surface area contributed by atoms with Gasteiger partial charge >= 0.3 is 0 Å². The Kier molecular flexibility index (Phi) is 7.49. The molecular weight excluding hydrogens is 274 g/mol. The molecule has 0 unspecified atom stereocenters. The number of amides is 1. The topological polar surface area (TPSA) is 121 Å². The number of nitro groups is 1. The minimum Gasteiger partial charge on any atom is -0.326 e. The highest BCUT2D eigenvalue weighted by Crippen LogP contribution is 2.17. The first kappa shape index (κ1) is 18.4. The number of benzene rings is 1. The number of anilines is 1. The van der Waals surface area contributed by atoms with Crippen LogP contribution in [0.3, 0.4) is 0 Å². The van der Waals surface area contributed by atoms with E-state index in [4.69, 9.17) is 5.53 Å². The number of nitro benzene ring substituents is 1. The lowest BCUT2D eigenvalue weighted by Crippen LogP contribution is -2.27. The first-order valence-electron chi connectivity index (χ1n) is 6.03. The lowest BCUT2D eigenvalue weighted by molar-refractivity contribution is -0.384. The molecule has 8 heteroatoms. The lowest BCUT2D eigenvalue weighted by Gasteiger charge is -2.13. The molecule has 114 valence electrons. The van der Waals surface area contributed by atoms with Crippen LogP contribution in [0.25, 0.3) is 10.4 Å². The van der Waals surface area contributed by atoms with E-state index in [9.17, 15) is 14.9 Å². The van der Waals surface area contributed by atoms with Crippen molar-refractivity contribution in [3.63, 3.8) is 0 Å². The second-order valence-electron chi connectivity index (χ2n) is 4.64. The van der Waals surface area contributed by atoms with Crippen LogP contribution >= 0.6 is 0 Å². The van der Waals surface area contributed by atoms with E-state index in [1.807, 2.05) is 13.8 Å². The molecule has 0 fully saturated rings. The van der Waals surface area contributed by atoms with Crippen molar-refractivity contribution < 1.29 is 9.72 Å². The van der Waals surface area contributed by atoms with Crippen LogP contribution in [0.2, 0.25) is 0 Å². The maximum Gasteiger partial charge on any atom is 0.269 e. The van der Waals surface area contributed by atoms with Gasteiger partial charge in [-0.25, -0.2) is 0 Å². The molecule has 8 nitrogen and oxygen atoms in total. The molecule has 1 amide bonds. The predicted molar refractivity (Wildman–Crippen MR) is 80.8 cm³/mol. The Morgan fingerprint density at radius 1 is 1.43 bits per heavy atom. The van der Waals surface area contributed by atoms with Crippen molar-refractivity contribution in [3.05, 3.63) is 44.8 Å². The maximum atomic E-state index is 11.9. The van der Waals surface area contributed by atoms with E-state index in [0.717, 1.165) is 0 Å². The van der Waals surface area contributed by atoms with Gasteiger partial charge in [0.25, 0.3) is 5.69 Å². The molecule has 0 aromatic heterocycles. The highest BCUT2D eigenvalue weighted by atomic mass is 16.6. The zero-order valence-electron chi connectivity index (χ0n) is 11.2. The standard InChI is InChI=1S/C12H15N5O3.CH4/c1-8(2)7-11(15-16-13)12(18)14-9-3-5-10(6-4-9)17(19)20;/h3-6,8,11H,7H2,1-2H3,(H,14,18);1H4/t11-;/m0./s1. The smallest absolute Gasteiger partial charge is 0.269 e. The van der Waals surface area contributed by atoms with Crippen molar-refractivity contribution in [2.45, 2.75) is 33.7 Å². The van der Waals surface area contributed by atoms with Crippen LogP contribution in [-0.4, -0.2) is 16.9 Å². The minimum absolute atomic E-state index is 0. The largest absolute Gasteiger partial charge is 0.326 e. The average molecular weight is 293 g/mol. The van der Waals surface area contributed by atoms with E-state index in [1.165, 1.54) is 24.3 Å². The summed E-state index contributed by atoms with van der Waals surface area (Å²) in [4.78, 5) is 24.6. The molecule has 0 heterocycles. The van der Waals surface area contributed by atoms with Crippen molar-refractivity contribution in [2.24, 2.45) is 11.0 Å². The molecule has 0 saturated heterocycles. The van der Waals surface area contributed by atoms with E-state index in [0.29, 0.717) is 12.1 Å². The number of hydrogen-bond acceptors (Lipinski definition) is 4. The van der Waals surface area contributed by atoms with Crippen LogP contribution in [0, 0.1) is 16.0 Å². The van der Waals surface area contributed by atoms with Gasteiger partial charge in [-0.3, -0.25) is 14.9 Å². The van der Waals surface area contributed by atoms with Gasteiger partial charge in [0.15, 0.2) is 0 Å². The Bertz CT molecular complexity index is 535. The summed E-state index contributed by atoms with van der Waals surface area (Å²) >= 11 is 0. The summed E-state index contributed by atoms with van der Waals surface area (Å²) in [6, 6.07) is 4.65. The summed E-state index contributed by atoms with van der Waals surface area (Å²) in [5.41, 5.74) is 8.83. The molecule has 1 atom stereocenters. The Labute approximate surface area is 122 Å². The molecule has 0 bridgehead atoms. The van der Waals surface area contributed by atoms with Gasteiger partial charge in [-0.15, -0.1) is 0 Å². The normalized spacial score (nSPS) is 11.0. The van der Waals surface area contributed by atoms with Gasteiger partial charge in [0.2, 0.25) is 5.91 Å². The van der Waals surface area contributed by atoms with Gasteiger partial charge in [0.1, 0.15) is 6.04 Å². The summed E-state index contributed by atoms with van der Waals surface area (Å²) in [5, 5.41) is 16.6. The number of rotatable bonds is 6. The third-order valence-electron chi connectivity index (χ3n) is 2.53. The zero-order valence-corrected chi connectivity index (χ0v) is 11.2. The monoisotopic (exact) mass is 293 g/mol. The number of carbonyl (C=O) groups is 1. The Hall–Kier alpha value is -2.60. The van der Waals surface area contributed by atoms with E-state index < -0.39 is 16.9 Å². The van der Waals surface area contributed by atoms with Gasteiger partial charge in [-0.05, 0) is 30.0 Å². The number of nitrogens with one attached hydrogen (secondary N) is 1. The number of carbonyl (C=O) groups excluding carboxylic acids is 1. The van der Waals surface area contributed by atoms with Crippen molar-refractivity contribution in [2.75, 3.05) is 5.32 Å². The molecule has 21 heavy (non-hydrogen) atoms. The van der Waals surface area contributed by atoms with Crippen molar-refractivity contribution in [3.8, 4) is 0 Å². The molecule has 0 aliphatic carbocycles. The van der Waals surface area contributed by atoms with E-state index in [-0.39, 0.29) is 19.0 Å². The quantitative estimate of drug-likeness (QED) is 0.281. The van der Waals surface area contributed by atoms with Crippen LogP contribution in [0.1, 0.15) is 27.7 Å². The van der Waals surface area contributed by atoms with Gasteiger partial charge in [0, 0.05) is 22.7 Å². The van der Waals surface area contributed by atoms with Gasteiger partial charge in [-0.1, -0.05) is 26.4 Å². The fourth-order valence-electron chi connectivity index (χ4n) is 1.61. The van der Waals surface area contributed by atoms with E-state index in [2.05, 4.69) is 15.3 Å². The SMILES string of the molecule is C.CC(C)C[C@H](N=[N+]=[N-])C(=O)Nc1ccc([N+](=O)[O-])cc1. The van der Waals surface area contributed by atoms with Crippen LogP contribution in [0.4, 0.5) is 11.4 Å². The molecule has 0 aliphatic rings. The Morgan fingerprint density at radius 2 is 2.00 bits per heavy atom. The van der Waals surface area contributed by atoms with Crippen LogP contribution in [0.5, 0.6) is 0 Å². The highest BCUT2D eigenvalue weighted by molar-refractivity contribution is 5.95. The molecule has 1 rings (SSSR count). The summed E-state index contributed by atoms with van der Waals surface area (Å²) in [6.45, 7) is 3.83. The first-order valence-corrected chi connectivity index (χ1v) is 6.03. The fraction of sp³-hybridized carbons (Fsp3) is 0.462. The highest BCUT2D eigenvalue weighted by Gasteiger charge is 2.18. The summed E-state index contributed by atoms with van der Waals surface area (Å²) in [5.74, 6) is -0.224. The third-order valence-corrected chi connectivity index (χ3v) is 2.53. The molecule has 1 N–H and O–H groups in total. The number of non-ortho nitro benzene ring substituents is 1. The Balaban J connectivity index is 0.00000400. The third kappa shape index (κ3) is 5.92. The lowest BCUT2D eigenvalue weighted by atomic mass is 10.0. The summed E-state index contributed by atoms with van der Waals surface area (Å²) in [7, 11) is 0. The van der Waals surface area contributed by atoms with Crippen molar-refractivity contribution in [1.29, 1.82) is 0 Å². The van der Waals surface area contributed by atoms with Crippen LogP contribution < -0.4 is 5.32 Å². The van der Waals surface area contributed by atoms with Gasteiger partial charge in [0.05, 0.1) is 4.92 Å². The number of azide groups is 1. The molecule has 0 spiro atoms. The maximum absolute atomic E-state index is 11.9. The second kappa shape index (κ2) is 8.55. The Morgan fingerprint density at radius 3 is 2.43 bits per heavy atom. The number of hydrogen-bond donors (Lipinski definition) is 1. The van der Waals surface area contributed by atoms with Crippen LogP contribution in [-0.2, 0) is 4.79 Å². The zero-order chi connectivity index (χ0) is 15.1. The molecule has 0 aliphatic heterocycles. The van der Waals surface area contributed by atoms with Crippen LogP contribution in [0.15, 0.2) is 29.4 Å². The molecule has 1 aromatic carbocycles. The summed E-state index contributed by atoms with van der Waals surface area (Å²) < 4.78 is 0. The molecule has 0 saturated carbocycles. The van der Waals surface area contributed by atoms with E-state index in [1.54, 1.807) is 0 Å². The van der Waals surface area contributed by atoms with Gasteiger partial charge < -0.3 is 5.32 Å². The average Bonchev–Trinajstić information content (AvgIpc) is 2.38. The van der Waals surface area contributed by atoms with E-state index >= 15 is 0 Å². The minimum atomic E-state index is -0.796. The van der Waals surface area contributed by atoms with Crippen molar-refractivity contribution >= 4 is 17.3 Å². The molecule has 0 radical (unpaired) electrons. The predicted octanol–water partition coefficient (Wildman–Crippen LogP) is 3.89. The van der Waals surface area contributed by atoms with Gasteiger partial charge in [-0.2, -0.15) is 0 Å². The molecule has 1 aromatic rings.